The van der Waals surface area contributed by atoms with Crippen LogP contribution in [0.2, 0.25) is 0 Å². The summed E-state index contributed by atoms with van der Waals surface area (Å²) >= 11 is 7.30. The maximum absolute atomic E-state index is 12.0. The zero-order chi connectivity index (χ0) is 21.3. The second kappa shape index (κ2) is 11.7. The van der Waals surface area contributed by atoms with Gasteiger partial charge in [0.2, 0.25) is 0 Å². The van der Waals surface area contributed by atoms with Gasteiger partial charge >= 0.3 is 5.97 Å². The van der Waals surface area contributed by atoms with Gasteiger partial charge in [0.05, 0.1) is 10.6 Å². The fourth-order valence-electron chi connectivity index (χ4n) is 2.85. The number of hydrogen-bond donors (Lipinski definition) is 1. The molecule has 0 aliphatic carbocycles. The second-order valence-corrected chi connectivity index (χ2v) is 10.4. The van der Waals surface area contributed by atoms with Gasteiger partial charge in [0.25, 0.3) is 5.91 Å². The molecule has 1 heterocycles. The molecule has 160 valence electrons. The standard InChI is InChI=1S/C22H24BrNO4S2/c1-15(16-3-7-18(23)8-4-16)24-20(25)13-28-21(26)14-27-19-9-5-17(6-10-19)22-29-11-2-12-30-22/h3-10,15,22H,2,11-14H2,1H3,(H,24,25)/t15-/m1/s1. The molecule has 2 aromatic rings. The molecule has 1 aliphatic heterocycles. The Balaban J connectivity index is 1.37. The number of carbonyl (C=O) groups is 2. The summed E-state index contributed by atoms with van der Waals surface area (Å²) in [6.45, 7) is 1.31. The Hall–Kier alpha value is -1.64. The molecule has 0 radical (unpaired) electrons. The highest BCUT2D eigenvalue weighted by molar-refractivity contribution is 9.10. The monoisotopic (exact) mass is 509 g/mol. The van der Waals surface area contributed by atoms with Crippen LogP contribution in [0.4, 0.5) is 0 Å². The number of rotatable bonds is 8. The Labute approximate surface area is 193 Å². The zero-order valence-corrected chi connectivity index (χ0v) is 19.9. The average molecular weight is 510 g/mol. The molecule has 0 spiro atoms. The Morgan fingerprint density at radius 2 is 1.73 bits per heavy atom. The Bertz CT molecular complexity index is 839. The first-order valence-corrected chi connectivity index (χ1v) is 12.6. The SMILES string of the molecule is C[C@@H](NC(=O)COC(=O)COc1ccc(C2SCCCS2)cc1)c1ccc(Br)cc1. The number of esters is 1. The molecule has 0 unspecified atom stereocenters. The van der Waals surface area contributed by atoms with Crippen molar-refractivity contribution in [3.05, 3.63) is 64.1 Å². The van der Waals surface area contributed by atoms with E-state index in [0.29, 0.717) is 10.3 Å². The highest BCUT2D eigenvalue weighted by Crippen LogP contribution is 2.43. The first-order chi connectivity index (χ1) is 14.5. The second-order valence-electron chi connectivity index (χ2n) is 6.79. The molecule has 0 saturated carbocycles. The van der Waals surface area contributed by atoms with Crippen molar-refractivity contribution in [2.75, 3.05) is 24.7 Å². The van der Waals surface area contributed by atoms with Gasteiger partial charge < -0.3 is 14.8 Å². The topological polar surface area (TPSA) is 64.6 Å². The van der Waals surface area contributed by atoms with Crippen LogP contribution >= 0.6 is 39.5 Å². The number of thioether (sulfide) groups is 2. The van der Waals surface area contributed by atoms with Crippen LogP contribution in [0, 0.1) is 0 Å². The highest BCUT2D eigenvalue weighted by Gasteiger charge is 2.17. The molecule has 30 heavy (non-hydrogen) atoms. The van der Waals surface area contributed by atoms with Crippen molar-refractivity contribution >= 4 is 51.3 Å². The van der Waals surface area contributed by atoms with Crippen molar-refractivity contribution < 1.29 is 19.1 Å². The van der Waals surface area contributed by atoms with Crippen LogP contribution in [0.1, 0.15) is 35.1 Å². The van der Waals surface area contributed by atoms with Gasteiger partial charge in [-0.05, 0) is 60.2 Å². The van der Waals surface area contributed by atoms with Crippen molar-refractivity contribution in [1.29, 1.82) is 0 Å². The molecule has 5 nitrogen and oxygen atoms in total. The van der Waals surface area contributed by atoms with E-state index >= 15 is 0 Å². The molecule has 1 N–H and O–H groups in total. The van der Waals surface area contributed by atoms with Crippen LogP contribution < -0.4 is 10.1 Å². The lowest BCUT2D eigenvalue weighted by Crippen LogP contribution is -2.31. The van der Waals surface area contributed by atoms with E-state index in [1.165, 1.54) is 23.5 Å². The summed E-state index contributed by atoms with van der Waals surface area (Å²) in [4.78, 5) is 23.9. The quantitative estimate of drug-likeness (QED) is 0.498. The number of amides is 1. The largest absolute Gasteiger partial charge is 0.482 e. The van der Waals surface area contributed by atoms with Gasteiger partial charge in [-0.15, -0.1) is 23.5 Å². The molecule has 0 aromatic heterocycles. The minimum absolute atomic E-state index is 0.181. The molecule has 8 heteroatoms. The number of ether oxygens (including phenoxy) is 2. The summed E-state index contributed by atoms with van der Waals surface area (Å²) in [7, 11) is 0. The van der Waals surface area contributed by atoms with Gasteiger partial charge in [-0.1, -0.05) is 40.2 Å². The van der Waals surface area contributed by atoms with Gasteiger partial charge in [0, 0.05) is 4.47 Å². The van der Waals surface area contributed by atoms with Crippen LogP contribution in [0.3, 0.4) is 0 Å². The Kier molecular flexibility index (Phi) is 8.96. The Morgan fingerprint density at radius 3 is 2.40 bits per heavy atom. The molecular weight excluding hydrogens is 486 g/mol. The fraction of sp³-hybridized carbons (Fsp3) is 0.364. The minimum atomic E-state index is -0.580. The molecule has 3 rings (SSSR count). The number of nitrogens with one attached hydrogen (secondary N) is 1. The maximum Gasteiger partial charge on any atom is 0.344 e. The molecule has 1 amide bonds. The summed E-state index contributed by atoms with van der Waals surface area (Å²) in [5, 5.41) is 2.81. The smallest absolute Gasteiger partial charge is 0.344 e. The van der Waals surface area contributed by atoms with Gasteiger partial charge in [-0.25, -0.2) is 4.79 Å². The molecule has 1 atom stereocenters. The molecule has 1 fully saturated rings. The van der Waals surface area contributed by atoms with Gasteiger partial charge in [0.15, 0.2) is 13.2 Å². The van der Waals surface area contributed by atoms with E-state index in [1.807, 2.05) is 79.0 Å². The summed E-state index contributed by atoms with van der Waals surface area (Å²) < 4.78 is 11.9. The minimum Gasteiger partial charge on any atom is -0.482 e. The third-order valence-corrected chi connectivity index (χ3v) is 7.99. The van der Waals surface area contributed by atoms with Crippen molar-refractivity contribution in [3.8, 4) is 5.75 Å². The highest BCUT2D eigenvalue weighted by atomic mass is 79.9. The van der Waals surface area contributed by atoms with E-state index < -0.39 is 5.97 Å². The first kappa shape index (κ1) is 23.0. The number of carbonyl (C=O) groups excluding carboxylic acids is 2. The number of halogens is 1. The lowest BCUT2D eigenvalue weighted by Gasteiger charge is -2.21. The summed E-state index contributed by atoms with van der Waals surface area (Å²) in [5.41, 5.74) is 2.23. The summed E-state index contributed by atoms with van der Waals surface area (Å²) in [5.74, 6) is 2.05. The number of benzene rings is 2. The fourth-order valence-corrected chi connectivity index (χ4v) is 6.01. The predicted octanol–water partition coefficient (Wildman–Crippen LogP) is 5.12. The predicted molar refractivity (Wildman–Crippen MR) is 126 cm³/mol. The molecule has 2 aromatic carbocycles. The van der Waals surface area contributed by atoms with E-state index in [1.54, 1.807) is 0 Å². The summed E-state index contributed by atoms with van der Waals surface area (Å²) in [6, 6.07) is 15.3. The third kappa shape index (κ3) is 7.25. The van der Waals surface area contributed by atoms with Crippen LogP contribution in [-0.2, 0) is 14.3 Å². The van der Waals surface area contributed by atoms with E-state index in [0.717, 1.165) is 10.0 Å². The van der Waals surface area contributed by atoms with E-state index in [2.05, 4.69) is 21.2 Å². The van der Waals surface area contributed by atoms with Crippen LogP contribution in [0.15, 0.2) is 53.0 Å². The van der Waals surface area contributed by atoms with E-state index in [9.17, 15) is 9.59 Å². The van der Waals surface area contributed by atoms with E-state index in [-0.39, 0.29) is 25.2 Å². The molecule has 1 aliphatic rings. The van der Waals surface area contributed by atoms with Gasteiger partial charge in [-0.3, -0.25) is 4.79 Å². The number of hydrogen-bond acceptors (Lipinski definition) is 6. The van der Waals surface area contributed by atoms with Gasteiger partial charge in [0.1, 0.15) is 5.75 Å². The molecule has 1 saturated heterocycles. The van der Waals surface area contributed by atoms with Crippen molar-refractivity contribution in [1.82, 2.24) is 5.32 Å². The molecule has 0 bridgehead atoms. The third-order valence-electron chi connectivity index (χ3n) is 4.45. The van der Waals surface area contributed by atoms with Gasteiger partial charge in [-0.2, -0.15) is 0 Å². The Morgan fingerprint density at radius 1 is 1.07 bits per heavy atom. The average Bonchev–Trinajstić information content (AvgIpc) is 2.77. The first-order valence-electron chi connectivity index (χ1n) is 9.67. The van der Waals surface area contributed by atoms with Crippen molar-refractivity contribution in [2.45, 2.75) is 24.0 Å². The maximum atomic E-state index is 12.0. The zero-order valence-electron chi connectivity index (χ0n) is 16.6. The lowest BCUT2D eigenvalue weighted by molar-refractivity contribution is -0.150. The lowest BCUT2D eigenvalue weighted by atomic mass is 10.1. The van der Waals surface area contributed by atoms with Crippen LogP contribution in [0.25, 0.3) is 0 Å². The van der Waals surface area contributed by atoms with Crippen LogP contribution in [0.5, 0.6) is 5.75 Å². The summed E-state index contributed by atoms with van der Waals surface area (Å²) in [6.07, 6.45) is 1.26. The van der Waals surface area contributed by atoms with Crippen LogP contribution in [-0.4, -0.2) is 36.6 Å². The van der Waals surface area contributed by atoms with Crippen molar-refractivity contribution in [3.63, 3.8) is 0 Å². The normalized spacial score (nSPS) is 15.3. The molecular formula is C22H24BrNO4S2. The van der Waals surface area contributed by atoms with E-state index in [4.69, 9.17) is 9.47 Å². The van der Waals surface area contributed by atoms with Crippen molar-refractivity contribution in [2.24, 2.45) is 0 Å².